The van der Waals surface area contributed by atoms with Crippen molar-refractivity contribution < 1.29 is 27.9 Å². The lowest BCUT2D eigenvalue weighted by Gasteiger charge is -2.22. The van der Waals surface area contributed by atoms with Gasteiger partial charge in [-0.05, 0) is 68.7 Å². The lowest BCUT2D eigenvalue weighted by Crippen LogP contribution is -2.43. The fourth-order valence-corrected chi connectivity index (χ4v) is 2.94. The van der Waals surface area contributed by atoms with Crippen LogP contribution in [0.15, 0.2) is 46.9 Å². The summed E-state index contributed by atoms with van der Waals surface area (Å²) in [5.41, 5.74) is 0.204. The minimum absolute atomic E-state index is 0.204. The third kappa shape index (κ3) is 4.73. The van der Waals surface area contributed by atoms with Gasteiger partial charge in [0, 0.05) is 18.2 Å². The van der Waals surface area contributed by atoms with Crippen LogP contribution in [0.2, 0.25) is 0 Å². The number of likely N-dealkylation sites (tertiary alicyclic amines) is 1. The molecule has 1 saturated heterocycles. The molecular weight excluding hydrogens is 365 g/mol. The second-order valence-corrected chi connectivity index (χ2v) is 6.50. The number of hydrogen-bond acceptors (Lipinski definition) is 5. The highest BCUT2D eigenvalue weighted by molar-refractivity contribution is 6.06. The zero-order valence-corrected chi connectivity index (χ0v) is 15.4. The highest BCUT2D eigenvalue weighted by atomic mass is 19.1. The van der Waals surface area contributed by atoms with Crippen LogP contribution in [0.5, 0.6) is 0 Å². The molecule has 146 valence electrons. The van der Waals surface area contributed by atoms with E-state index >= 15 is 0 Å². The number of carbonyl (C=O) groups is 3. The Kier molecular flexibility index (Phi) is 6.03. The number of nitrogens with zero attached hydrogens (tertiary/aromatic N) is 1. The molecule has 0 radical (unpaired) electrons. The first-order valence-electron chi connectivity index (χ1n) is 9.00. The first kappa shape index (κ1) is 19.5. The van der Waals surface area contributed by atoms with Crippen molar-refractivity contribution in [2.24, 2.45) is 0 Å². The van der Waals surface area contributed by atoms with Crippen LogP contribution in [-0.4, -0.2) is 35.3 Å². The standard InChI is InChI=1S/C21H20FNO5/c1-14-5-10-17(27-14)11-12-19(24)28-18-4-2-3-13-23(21(18)26)20(25)15-6-8-16(22)9-7-15/h5-12,18H,2-4,13H2,1H3/b12-11+. The van der Waals surface area contributed by atoms with Gasteiger partial charge in [-0.3, -0.25) is 14.5 Å². The Balaban J connectivity index is 1.68. The van der Waals surface area contributed by atoms with Crippen LogP contribution in [0.1, 0.15) is 41.1 Å². The summed E-state index contributed by atoms with van der Waals surface area (Å²) in [6.07, 6.45) is 3.18. The van der Waals surface area contributed by atoms with Crippen molar-refractivity contribution in [3.05, 3.63) is 65.4 Å². The predicted molar refractivity (Wildman–Crippen MR) is 98.7 cm³/mol. The maximum atomic E-state index is 13.1. The molecule has 2 amide bonds. The van der Waals surface area contributed by atoms with Gasteiger partial charge in [0.1, 0.15) is 17.3 Å². The predicted octanol–water partition coefficient (Wildman–Crippen LogP) is 3.51. The number of esters is 1. The first-order chi connectivity index (χ1) is 13.4. The number of rotatable bonds is 4. The summed E-state index contributed by atoms with van der Waals surface area (Å²) in [5, 5.41) is 0. The van der Waals surface area contributed by atoms with Crippen molar-refractivity contribution in [2.75, 3.05) is 6.54 Å². The molecule has 0 bridgehead atoms. The fraction of sp³-hybridized carbons (Fsp3) is 0.286. The van der Waals surface area contributed by atoms with Crippen molar-refractivity contribution in [2.45, 2.75) is 32.3 Å². The summed E-state index contributed by atoms with van der Waals surface area (Å²) in [4.78, 5) is 38.5. The molecule has 2 heterocycles. The zero-order valence-electron chi connectivity index (χ0n) is 15.4. The fourth-order valence-electron chi connectivity index (χ4n) is 2.94. The summed E-state index contributed by atoms with van der Waals surface area (Å²) < 4.78 is 23.7. The summed E-state index contributed by atoms with van der Waals surface area (Å²) >= 11 is 0. The SMILES string of the molecule is Cc1ccc(/C=C/C(=O)OC2CCCCN(C(=O)c3ccc(F)cc3)C2=O)o1. The molecule has 3 rings (SSSR count). The van der Waals surface area contributed by atoms with E-state index in [1.807, 2.05) is 0 Å². The maximum Gasteiger partial charge on any atom is 0.331 e. The van der Waals surface area contributed by atoms with Crippen LogP contribution in [-0.2, 0) is 14.3 Å². The minimum atomic E-state index is -1.04. The second-order valence-electron chi connectivity index (χ2n) is 6.50. The Morgan fingerprint density at radius 2 is 1.93 bits per heavy atom. The van der Waals surface area contributed by atoms with E-state index in [9.17, 15) is 18.8 Å². The van der Waals surface area contributed by atoms with Crippen molar-refractivity contribution in [3.8, 4) is 0 Å². The summed E-state index contributed by atoms with van der Waals surface area (Å²) in [7, 11) is 0. The van der Waals surface area contributed by atoms with Gasteiger partial charge in [-0.2, -0.15) is 0 Å². The van der Waals surface area contributed by atoms with Gasteiger partial charge in [-0.25, -0.2) is 9.18 Å². The van der Waals surface area contributed by atoms with Gasteiger partial charge in [0.2, 0.25) is 0 Å². The highest BCUT2D eigenvalue weighted by Gasteiger charge is 2.33. The number of imide groups is 1. The topological polar surface area (TPSA) is 76.8 Å². The quantitative estimate of drug-likeness (QED) is 0.457. The molecule has 0 aliphatic carbocycles. The zero-order chi connectivity index (χ0) is 20.1. The number of benzene rings is 1. The van der Waals surface area contributed by atoms with Crippen molar-refractivity contribution in [1.29, 1.82) is 0 Å². The average Bonchev–Trinajstić information content (AvgIpc) is 3.01. The van der Waals surface area contributed by atoms with Gasteiger partial charge >= 0.3 is 5.97 Å². The minimum Gasteiger partial charge on any atom is -0.462 e. The lowest BCUT2D eigenvalue weighted by atomic mass is 10.1. The number of carbonyl (C=O) groups excluding carboxylic acids is 3. The van der Waals surface area contributed by atoms with Crippen LogP contribution >= 0.6 is 0 Å². The van der Waals surface area contributed by atoms with Crippen LogP contribution in [0, 0.1) is 12.7 Å². The van der Waals surface area contributed by atoms with Gasteiger partial charge < -0.3 is 9.15 Å². The number of furan rings is 1. The highest BCUT2D eigenvalue weighted by Crippen LogP contribution is 2.18. The largest absolute Gasteiger partial charge is 0.462 e. The number of ether oxygens (including phenoxy) is 1. The molecule has 2 aromatic rings. The van der Waals surface area contributed by atoms with E-state index in [2.05, 4.69) is 0 Å². The van der Waals surface area contributed by atoms with Gasteiger partial charge in [-0.15, -0.1) is 0 Å². The number of halogens is 1. The Labute approximate surface area is 161 Å². The van der Waals surface area contributed by atoms with Crippen LogP contribution < -0.4 is 0 Å². The van der Waals surface area contributed by atoms with E-state index in [0.717, 1.165) is 17.0 Å². The maximum absolute atomic E-state index is 13.1. The first-order valence-corrected chi connectivity index (χ1v) is 9.00. The Morgan fingerprint density at radius 1 is 1.18 bits per heavy atom. The Morgan fingerprint density at radius 3 is 2.61 bits per heavy atom. The van der Waals surface area contributed by atoms with E-state index in [4.69, 9.17) is 9.15 Å². The van der Waals surface area contributed by atoms with Crippen LogP contribution in [0.4, 0.5) is 4.39 Å². The third-order valence-corrected chi connectivity index (χ3v) is 4.38. The monoisotopic (exact) mass is 385 g/mol. The molecule has 7 heteroatoms. The van der Waals surface area contributed by atoms with Gasteiger partial charge in [0.05, 0.1) is 0 Å². The molecule has 0 spiro atoms. The Hall–Kier alpha value is -3.22. The molecule has 1 aliphatic heterocycles. The van der Waals surface area contributed by atoms with Gasteiger partial charge in [0.25, 0.3) is 11.8 Å². The second kappa shape index (κ2) is 8.65. The molecule has 1 fully saturated rings. The molecule has 1 aliphatic rings. The molecule has 1 unspecified atom stereocenters. The molecule has 6 nitrogen and oxygen atoms in total. The van der Waals surface area contributed by atoms with Gasteiger partial charge in [0.15, 0.2) is 6.10 Å². The molecule has 0 saturated carbocycles. The number of amides is 2. The van der Waals surface area contributed by atoms with E-state index in [0.29, 0.717) is 30.8 Å². The molecule has 1 atom stereocenters. The smallest absolute Gasteiger partial charge is 0.331 e. The summed E-state index contributed by atoms with van der Waals surface area (Å²) in [6.45, 7) is 2.01. The normalized spacial score (nSPS) is 17.6. The summed E-state index contributed by atoms with van der Waals surface area (Å²) in [6, 6.07) is 8.44. The molecule has 28 heavy (non-hydrogen) atoms. The van der Waals surface area contributed by atoms with E-state index in [-0.39, 0.29) is 12.1 Å². The lowest BCUT2D eigenvalue weighted by molar-refractivity contribution is -0.154. The van der Waals surface area contributed by atoms with Crippen LogP contribution in [0.3, 0.4) is 0 Å². The molecular formula is C21H20FNO5. The molecule has 0 N–H and O–H groups in total. The average molecular weight is 385 g/mol. The van der Waals surface area contributed by atoms with E-state index in [1.54, 1.807) is 19.1 Å². The summed E-state index contributed by atoms with van der Waals surface area (Å²) in [5.74, 6) is -1.05. The molecule has 1 aromatic heterocycles. The van der Waals surface area contributed by atoms with Gasteiger partial charge in [-0.1, -0.05) is 0 Å². The Bertz CT molecular complexity index is 900. The number of aryl methyl sites for hydroxylation is 1. The van der Waals surface area contributed by atoms with E-state index in [1.165, 1.54) is 24.3 Å². The van der Waals surface area contributed by atoms with E-state index < -0.39 is 29.7 Å². The molecule has 1 aromatic carbocycles. The van der Waals surface area contributed by atoms with Crippen molar-refractivity contribution in [3.63, 3.8) is 0 Å². The van der Waals surface area contributed by atoms with Crippen LogP contribution in [0.25, 0.3) is 6.08 Å². The third-order valence-electron chi connectivity index (χ3n) is 4.38. The van der Waals surface area contributed by atoms with Crippen molar-refractivity contribution >= 4 is 23.9 Å². The van der Waals surface area contributed by atoms with Crippen molar-refractivity contribution in [1.82, 2.24) is 4.90 Å². The number of hydrogen-bond donors (Lipinski definition) is 0.